The normalized spacial score (nSPS) is 35.1. The fourth-order valence-electron chi connectivity index (χ4n) is 5.10. The number of aliphatic hydroxyl groups excluding tert-OH is 4. The van der Waals surface area contributed by atoms with Gasteiger partial charge in [-0.1, -0.05) is 6.92 Å². The van der Waals surface area contributed by atoms with Crippen LogP contribution in [0.25, 0.3) is 0 Å². The number of carbonyl (C=O) groups excluding carboxylic acids is 2. The van der Waals surface area contributed by atoms with E-state index in [4.69, 9.17) is 23.7 Å². The fourth-order valence-corrected chi connectivity index (χ4v) is 5.10. The topological polar surface area (TPSA) is 207 Å². The molecule has 0 aromatic rings. The van der Waals surface area contributed by atoms with Crippen LogP contribution in [0.1, 0.15) is 19.8 Å². The average molecular weight is 569 g/mol. The third kappa shape index (κ3) is 11.5. The van der Waals surface area contributed by atoms with E-state index in [1.807, 2.05) is 0 Å². The Hall–Kier alpha value is 0.580. The summed E-state index contributed by atoms with van der Waals surface area (Å²) in [5, 5.41) is 63.7. The van der Waals surface area contributed by atoms with Gasteiger partial charge in [0.25, 0.3) is 0 Å². The Morgan fingerprint density at radius 2 is 1.29 bits per heavy atom. The van der Waals surface area contributed by atoms with Gasteiger partial charge in [0.15, 0.2) is 0 Å². The van der Waals surface area contributed by atoms with Crippen molar-refractivity contribution >= 4 is 11.9 Å². The molecule has 2 fully saturated rings. The Labute approximate surface area is 266 Å². The molecule has 0 aromatic heterocycles. The zero-order valence-electron chi connectivity index (χ0n) is 22.6. The number of aliphatic hydroxyl groups is 4. The molecule has 15 heteroatoms. The predicted molar refractivity (Wildman–Crippen MR) is 116 cm³/mol. The monoisotopic (exact) mass is 568 g/mol. The predicted octanol–water partition coefficient (Wildman–Crippen LogP) is -10.3. The summed E-state index contributed by atoms with van der Waals surface area (Å²) in [6.45, 7) is 0.371. The largest absolute Gasteiger partial charge is 1.00 e. The number of methoxy groups -OCH3 is 1. The van der Waals surface area contributed by atoms with E-state index in [2.05, 4.69) is 0 Å². The Bertz CT molecular complexity index is 688. The van der Waals surface area contributed by atoms with Crippen molar-refractivity contribution in [1.29, 1.82) is 0 Å². The maximum Gasteiger partial charge on any atom is 1.00 e. The Kier molecular flexibility index (Phi) is 20.0. The van der Waals surface area contributed by atoms with Crippen LogP contribution in [0.15, 0.2) is 0 Å². The van der Waals surface area contributed by atoms with Crippen LogP contribution >= 0.6 is 0 Å². The molecular formula is C23H38Na2O13. The molecule has 10 atom stereocenters. The first kappa shape index (κ1) is 38.6. The molecule has 4 N–H and O–H groups in total. The number of carboxylic acids is 2. The van der Waals surface area contributed by atoms with Gasteiger partial charge in [-0.2, -0.15) is 0 Å². The molecule has 38 heavy (non-hydrogen) atoms. The molecular weight excluding hydrogens is 530 g/mol. The van der Waals surface area contributed by atoms with Gasteiger partial charge >= 0.3 is 59.1 Å². The van der Waals surface area contributed by atoms with Gasteiger partial charge in [0.05, 0.1) is 82.6 Å². The van der Waals surface area contributed by atoms with E-state index in [1.165, 1.54) is 7.11 Å². The van der Waals surface area contributed by atoms with Crippen molar-refractivity contribution in [3.8, 4) is 0 Å². The van der Waals surface area contributed by atoms with Crippen molar-refractivity contribution < 1.29 is 123 Å². The van der Waals surface area contributed by atoms with Gasteiger partial charge in [0, 0.05) is 24.9 Å². The zero-order chi connectivity index (χ0) is 26.8. The third-order valence-corrected chi connectivity index (χ3v) is 6.98. The van der Waals surface area contributed by atoms with Crippen molar-refractivity contribution in [3.05, 3.63) is 0 Å². The molecule has 1 saturated carbocycles. The maximum atomic E-state index is 10.7. The molecule has 1 heterocycles. The Balaban J connectivity index is 0.00000684. The molecule has 0 spiro atoms. The number of carbonyl (C=O) groups is 2. The standard InChI is InChI=1S/C23H40O13.2Na/c1-3-14-16(8-35-11-19(26)27)36-17(23(31)21(14)29)9-34-7-15-12(6-33-10-18(24)25)4-13(5-32-2)20(28)22(15)30;;/h12-17,20-23,28-31H,3-11H2,1-2H3,(H,24,25)(H,26,27);;/q;2*+1/p-2. The van der Waals surface area contributed by atoms with Crippen LogP contribution in [0.4, 0.5) is 0 Å². The molecule has 2 rings (SSSR count). The second-order valence-electron chi connectivity index (χ2n) is 9.43. The molecule has 10 unspecified atom stereocenters. The summed E-state index contributed by atoms with van der Waals surface area (Å²) < 4.78 is 27.0. The summed E-state index contributed by atoms with van der Waals surface area (Å²) in [5.74, 6) is -4.62. The van der Waals surface area contributed by atoms with Crippen LogP contribution in [0.3, 0.4) is 0 Å². The Morgan fingerprint density at radius 3 is 1.84 bits per heavy atom. The quantitative estimate of drug-likeness (QED) is 0.136. The van der Waals surface area contributed by atoms with E-state index in [-0.39, 0.29) is 104 Å². The van der Waals surface area contributed by atoms with E-state index in [9.17, 15) is 40.2 Å². The molecule has 1 saturated heterocycles. The minimum atomic E-state index is -1.39. The molecule has 0 aromatic carbocycles. The van der Waals surface area contributed by atoms with Gasteiger partial charge in [-0.15, -0.1) is 0 Å². The van der Waals surface area contributed by atoms with E-state index in [0.717, 1.165) is 0 Å². The molecule has 0 amide bonds. The first-order chi connectivity index (χ1) is 17.1. The van der Waals surface area contributed by atoms with Gasteiger partial charge in [0.2, 0.25) is 0 Å². The van der Waals surface area contributed by atoms with Crippen LogP contribution in [0, 0.1) is 23.7 Å². The summed E-state index contributed by atoms with van der Waals surface area (Å²) in [6, 6.07) is 0. The van der Waals surface area contributed by atoms with Crippen molar-refractivity contribution in [3.63, 3.8) is 0 Å². The number of hydrogen-bond donors (Lipinski definition) is 4. The van der Waals surface area contributed by atoms with Crippen molar-refractivity contribution in [2.24, 2.45) is 23.7 Å². The molecule has 0 bridgehead atoms. The van der Waals surface area contributed by atoms with E-state index in [1.54, 1.807) is 6.92 Å². The van der Waals surface area contributed by atoms with E-state index >= 15 is 0 Å². The van der Waals surface area contributed by atoms with Crippen LogP contribution in [-0.4, -0.2) is 122 Å². The molecule has 0 radical (unpaired) electrons. The number of hydrogen-bond acceptors (Lipinski definition) is 13. The fraction of sp³-hybridized carbons (Fsp3) is 0.913. The van der Waals surface area contributed by atoms with Gasteiger partial charge in [-0.25, -0.2) is 0 Å². The van der Waals surface area contributed by atoms with Gasteiger partial charge in [0.1, 0.15) is 12.2 Å². The molecule has 210 valence electrons. The zero-order valence-corrected chi connectivity index (χ0v) is 26.6. The third-order valence-electron chi connectivity index (χ3n) is 6.98. The van der Waals surface area contributed by atoms with E-state index in [0.29, 0.717) is 12.8 Å². The van der Waals surface area contributed by atoms with Crippen molar-refractivity contribution in [2.45, 2.75) is 56.4 Å². The van der Waals surface area contributed by atoms with E-state index < -0.39 is 73.6 Å². The number of carboxylic acid groups (broad SMARTS) is 2. The van der Waals surface area contributed by atoms with Crippen LogP contribution in [-0.2, 0) is 33.3 Å². The maximum absolute atomic E-state index is 10.7. The average Bonchev–Trinajstić information content (AvgIpc) is 2.81. The molecule has 1 aliphatic carbocycles. The van der Waals surface area contributed by atoms with Gasteiger partial charge < -0.3 is 63.9 Å². The van der Waals surface area contributed by atoms with Crippen molar-refractivity contribution in [1.82, 2.24) is 0 Å². The second kappa shape index (κ2) is 19.7. The minimum absolute atomic E-state index is 0. The van der Waals surface area contributed by atoms with Crippen molar-refractivity contribution in [2.75, 3.05) is 53.4 Å². The second-order valence-corrected chi connectivity index (χ2v) is 9.43. The number of aliphatic carboxylic acids is 2. The van der Waals surface area contributed by atoms with Crippen LogP contribution in [0.5, 0.6) is 0 Å². The Morgan fingerprint density at radius 1 is 0.737 bits per heavy atom. The van der Waals surface area contributed by atoms with Gasteiger partial charge in [-0.05, 0) is 18.8 Å². The SMILES string of the molecule is CCC1C(COCC(=O)[O-])OC(COCC2C(COCC(=O)[O-])CC(COC)C(O)C2O)C(O)C1O.[Na+].[Na+]. The number of ether oxygens (including phenoxy) is 5. The van der Waals surface area contributed by atoms with Crippen LogP contribution in [0.2, 0.25) is 0 Å². The summed E-state index contributed by atoms with van der Waals surface area (Å²) in [5.41, 5.74) is 0. The smallest absolute Gasteiger partial charge is 0.548 e. The van der Waals surface area contributed by atoms with Crippen LogP contribution < -0.4 is 69.3 Å². The van der Waals surface area contributed by atoms with Gasteiger partial charge in [-0.3, -0.25) is 0 Å². The molecule has 2 aliphatic rings. The minimum Gasteiger partial charge on any atom is -0.548 e. The first-order valence-electron chi connectivity index (χ1n) is 12.1. The number of rotatable bonds is 15. The first-order valence-corrected chi connectivity index (χ1v) is 12.1. The summed E-state index contributed by atoms with van der Waals surface area (Å²) in [6.07, 6.45) is -5.53. The molecule has 1 aliphatic heterocycles. The molecule has 13 nitrogen and oxygen atoms in total. The summed E-state index contributed by atoms with van der Waals surface area (Å²) >= 11 is 0. The summed E-state index contributed by atoms with van der Waals surface area (Å²) in [4.78, 5) is 21.3. The summed E-state index contributed by atoms with van der Waals surface area (Å²) in [7, 11) is 1.47.